The average molecular weight is 430 g/mol. The number of hydrogen-bond donors (Lipinski definition) is 1. The van der Waals surface area contributed by atoms with Crippen molar-refractivity contribution in [2.45, 2.75) is 26.8 Å². The Morgan fingerprint density at radius 2 is 1.94 bits per heavy atom. The lowest BCUT2D eigenvalue weighted by Crippen LogP contribution is -2.34. The van der Waals surface area contributed by atoms with Crippen LogP contribution in [0.15, 0.2) is 27.5 Å². The van der Waals surface area contributed by atoms with Crippen LogP contribution in [0.2, 0.25) is 0 Å². The van der Waals surface area contributed by atoms with Gasteiger partial charge < -0.3 is 24.1 Å². The predicted octanol–water partition coefficient (Wildman–Crippen LogP) is 2.09. The maximum absolute atomic E-state index is 13.1. The van der Waals surface area contributed by atoms with Gasteiger partial charge in [-0.05, 0) is 32.9 Å². The van der Waals surface area contributed by atoms with E-state index in [0.717, 1.165) is 0 Å². The number of methoxy groups -OCH3 is 2. The number of fused-ring (bicyclic) bond motifs is 1. The van der Waals surface area contributed by atoms with Crippen molar-refractivity contribution in [3.8, 4) is 11.5 Å². The van der Waals surface area contributed by atoms with Crippen molar-refractivity contribution in [1.82, 2.24) is 14.7 Å². The van der Waals surface area contributed by atoms with Crippen molar-refractivity contribution in [2.75, 3.05) is 26.1 Å². The summed E-state index contributed by atoms with van der Waals surface area (Å²) in [6, 6.07) is 3.93. The number of anilines is 1. The molecule has 1 N–H and O–H groups in total. The van der Waals surface area contributed by atoms with Gasteiger partial charge in [0, 0.05) is 11.8 Å². The van der Waals surface area contributed by atoms with Crippen molar-refractivity contribution < 1.29 is 28.3 Å². The summed E-state index contributed by atoms with van der Waals surface area (Å²) >= 11 is 0. The molecule has 31 heavy (non-hydrogen) atoms. The number of nitrogens with zero attached hydrogens (tertiary/aromatic N) is 3. The lowest BCUT2D eigenvalue weighted by Gasteiger charge is -2.17. The molecule has 11 nitrogen and oxygen atoms in total. The fourth-order valence-corrected chi connectivity index (χ4v) is 3.09. The molecule has 11 heteroatoms. The van der Waals surface area contributed by atoms with Gasteiger partial charge in [0.15, 0.2) is 11.5 Å². The molecule has 0 saturated heterocycles. The minimum Gasteiger partial charge on any atom is -0.493 e. The summed E-state index contributed by atoms with van der Waals surface area (Å²) in [5.41, 5.74) is -0.571. The van der Waals surface area contributed by atoms with Crippen LogP contribution in [0.1, 0.15) is 36.2 Å². The third-order valence-electron chi connectivity index (χ3n) is 4.61. The third-order valence-corrected chi connectivity index (χ3v) is 4.61. The number of ether oxygens (including phenoxy) is 3. The van der Waals surface area contributed by atoms with Crippen molar-refractivity contribution in [3.05, 3.63) is 40.1 Å². The summed E-state index contributed by atoms with van der Waals surface area (Å²) in [5, 5.41) is 6.20. The van der Waals surface area contributed by atoms with Gasteiger partial charge in [0.25, 0.3) is 11.3 Å². The van der Waals surface area contributed by atoms with Crippen LogP contribution in [0.5, 0.6) is 11.5 Å². The van der Waals surface area contributed by atoms with Crippen LogP contribution in [-0.4, -0.2) is 47.4 Å². The first-order chi connectivity index (χ1) is 14.8. The molecule has 1 unspecified atom stereocenters. The molecule has 164 valence electrons. The maximum atomic E-state index is 13.1. The van der Waals surface area contributed by atoms with E-state index in [1.807, 2.05) is 0 Å². The predicted molar refractivity (Wildman–Crippen MR) is 110 cm³/mol. The normalized spacial score (nSPS) is 11.8. The molecule has 3 rings (SSSR count). The van der Waals surface area contributed by atoms with Gasteiger partial charge in [-0.3, -0.25) is 14.2 Å². The standard InChI is InChI=1S/C20H22N4O7/c1-6-30-20(27)16-15-18(31-23-16)21-11(3)24(19(15)26)10(2)17(25)22-12-7-8-13(28-4)14(9-12)29-5/h7-10H,6H2,1-5H3,(H,22,25). The Morgan fingerprint density at radius 3 is 2.58 bits per heavy atom. The first-order valence-electron chi connectivity index (χ1n) is 9.40. The van der Waals surface area contributed by atoms with Crippen LogP contribution in [0.3, 0.4) is 0 Å². The first-order valence-corrected chi connectivity index (χ1v) is 9.40. The summed E-state index contributed by atoms with van der Waals surface area (Å²) in [5.74, 6) is -0.119. The molecule has 0 saturated carbocycles. The topological polar surface area (TPSA) is 135 Å². The highest BCUT2D eigenvalue weighted by Gasteiger charge is 2.27. The van der Waals surface area contributed by atoms with Crippen molar-refractivity contribution >= 4 is 28.7 Å². The van der Waals surface area contributed by atoms with E-state index in [-0.39, 0.29) is 29.2 Å². The highest BCUT2D eigenvalue weighted by Crippen LogP contribution is 2.30. The van der Waals surface area contributed by atoms with Gasteiger partial charge in [-0.1, -0.05) is 5.16 Å². The largest absolute Gasteiger partial charge is 0.493 e. The van der Waals surface area contributed by atoms with E-state index < -0.39 is 23.5 Å². The summed E-state index contributed by atoms with van der Waals surface area (Å²) in [6.45, 7) is 4.81. The Bertz CT molecular complexity index is 1200. The van der Waals surface area contributed by atoms with Crippen molar-refractivity contribution in [2.24, 2.45) is 0 Å². The number of aryl methyl sites for hydroxylation is 1. The molecule has 0 aliphatic carbocycles. The number of esters is 1. The van der Waals surface area contributed by atoms with Crippen LogP contribution in [-0.2, 0) is 9.53 Å². The maximum Gasteiger partial charge on any atom is 0.361 e. The molecule has 1 atom stereocenters. The molecule has 0 aliphatic heterocycles. The second-order valence-electron chi connectivity index (χ2n) is 6.50. The zero-order valence-electron chi connectivity index (χ0n) is 17.7. The van der Waals surface area contributed by atoms with Gasteiger partial charge in [-0.15, -0.1) is 0 Å². The molecule has 0 aliphatic rings. The second-order valence-corrected chi connectivity index (χ2v) is 6.50. The Hall–Kier alpha value is -3.89. The average Bonchev–Trinajstić information content (AvgIpc) is 3.17. The van der Waals surface area contributed by atoms with Crippen LogP contribution in [0.25, 0.3) is 11.1 Å². The van der Waals surface area contributed by atoms with Crippen LogP contribution in [0.4, 0.5) is 5.69 Å². The van der Waals surface area contributed by atoms with E-state index >= 15 is 0 Å². The molecular weight excluding hydrogens is 408 g/mol. The Labute approximate surface area is 176 Å². The minimum absolute atomic E-state index is 0.102. The highest BCUT2D eigenvalue weighted by atomic mass is 16.5. The van der Waals surface area contributed by atoms with E-state index in [1.54, 1.807) is 32.0 Å². The molecule has 3 aromatic rings. The van der Waals surface area contributed by atoms with E-state index in [1.165, 1.54) is 25.7 Å². The molecule has 0 fully saturated rings. The summed E-state index contributed by atoms with van der Waals surface area (Å²) < 4.78 is 21.5. The van der Waals surface area contributed by atoms with E-state index in [4.69, 9.17) is 18.7 Å². The Kier molecular flexibility index (Phi) is 6.23. The van der Waals surface area contributed by atoms with Crippen molar-refractivity contribution in [3.63, 3.8) is 0 Å². The third kappa shape index (κ3) is 4.06. The SMILES string of the molecule is CCOC(=O)c1noc2nc(C)n(C(C)C(=O)Nc3ccc(OC)c(OC)c3)c(=O)c12. The number of amides is 1. The van der Waals surface area contributed by atoms with Crippen LogP contribution >= 0.6 is 0 Å². The van der Waals surface area contributed by atoms with Gasteiger partial charge in [0.05, 0.1) is 20.8 Å². The molecule has 0 bridgehead atoms. The second kappa shape index (κ2) is 8.86. The minimum atomic E-state index is -0.956. The molecule has 2 aromatic heterocycles. The highest BCUT2D eigenvalue weighted by molar-refractivity contribution is 6.00. The fourth-order valence-electron chi connectivity index (χ4n) is 3.09. The number of nitrogens with one attached hydrogen (secondary N) is 1. The molecule has 2 heterocycles. The fraction of sp³-hybridized carbons (Fsp3) is 0.350. The number of aromatic nitrogens is 3. The monoisotopic (exact) mass is 430 g/mol. The number of hydrogen-bond acceptors (Lipinski definition) is 9. The van der Waals surface area contributed by atoms with Crippen LogP contribution < -0.4 is 20.3 Å². The summed E-state index contributed by atoms with van der Waals surface area (Å²) in [7, 11) is 2.99. The number of carbonyl (C=O) groups is 2. The quantitative estimate of drug-likeness (QED) is 0.559. The van der Waals surface area contributed by atoms with E-state index in [2.05, 4.69) is 15.5 Å². The molecule has 1 amide bonds. The molecule has 1 aromatic carbocycles. The number of carbonyl (C=O) groups excluding carboxylic acids is 2. The lowest BCUT2D eigenvalue weighted by molar-refractivity contribution is -0.118. The Balaban J connectivity index is 1.97. The van der Waals surface area contributed by atoms with E-state index in [0.29, 0.717) is 17.2 Å². The molecule has 0 radical (unpaired) electrons. The smallest absolute Gasteiger partial charge is 0.361 e. The Morgan fingerprint density at radius 1 is 1.23 bits per heavy atom. The number of rotatable bonds is 7. The number of benzene rings is 1. The molecular formula is C20H22N4O7. The van der Waals surface area contributed by atoms with Gasteiger partial charge >= 0.3 is 5.97 Å². The van der Waals surface area contributed by atoms with Crippen LogP contribution in [0, 0.1) is 6.92 Å². The van der Waals surface area contributed by atoms with Gasteiger partial charge in [0.1, 0.15) is 17.3 Å². The zero-order chi connectivity index (χ0) is 22.7. The van der Waals surface area contributed by atoms with Gasteiger partial charge in [0.2, 0.25) is 11.6 Å². The lowest BCUT2D eigenvalue weighted by atomic mass is 10.2. The van der Waals surface area contributed by atoms with Gasteiger partial charge in [-0.25, -0.2) is 4.79 Å². The summed E-state index contributed by atoms with van der Waals surface area (Å²) in [6.07, 6.45) is 0. The van der Waals surface area contributed by atoms with Gasteiger partial charge in [-0.2, -0.15) is 4.98 Å². The first kappa shape index (κ1) is 21.8. The molecule has 0 spiro atoms. The van der Waals surface area contributed by atoms with E-state index in [9.17, 15) is 14.4 Å². The zero-order valence-corrected chi connectivity index (χ0v) is 17.7. The summed E-state index contributed by atoms with van der Waals surface area (Å²) in [4.78, 5) is 42.3. The van der Waals surface area contributed by atoms with Crippen molar-refractivity contribution in [1.29, 1.82) is 0 Å².